The summed E-state index contributed by atoms with van der Waals surface area (Å²) < 4.78 is 16.6. The third-order valence-corrected chi connectivity index (χ3v) is 3.36. The van der Waals surface area contributed by atoms with Gasteiger partial charge in [0.05, 0.1) is 51.8 Å². The van der Waals surface area contributed by atoms with Crippen LogP contribution >= 0.6 is 0 Å². The lowest BCUT2D eigenvalue weighted by Crippen LogP contribution is -2.34. The average Bonchev–Trinajstić information content (AvgIpc) is 2.34. The summed E-state index contributed by atoms with van der Waals surface area (Å²) in [6, 6.07) is 0. The highest BCUT2D eigenvalue weighted by Crippen LogP contribution is 2.22. The summed E-state index contributed by atoms with van der Waals surface area (Å²) in [7, 11) is 0. The van der Waals surface area contributed by atoms with Crippen LogP contribution in [-0.2, 0) is 14.2 Å². The van der Waals surface area contributed by atoms with Gasteiger partial charge in [0.25, 0.3) is 0 Å². The molecule has 0 rings (SSSR count). The molecule has 2 N–H and O–H groups in total. The molecule has 0 heterocycles. The second-order valence-corrected chi connectivity index (χ2v) is 7.43. The molecule has 128 valence electrons. The van der Waals surface area contributed by atoms with Crippen molar-refractivity contribution in [2.75, 3.05) is 39.6 Å². The van der Waals surface area contributed by atoms with Crippen LogP contribution in [0.15, 0.2) is 0 Å². The van der Waals surface area contributed by atoms with Crippen LogP contribution in [0.1, 0.15) is 41.5 Å². The van der Waals surface area contributed by atoms with E-state index in [-0.39, 0.29) is 36.3 Å². The molecule has 0 spiro atoms. The van der Waals surface area contributed by atoms with Crippen molar-refractivity contribution in [3.05, 3.63) is 0 Å². The lowest BCUT2D eigenvalue weighted by Gasteiger charge is -2.29. The highest BCUT2D eigenvalue weighted by molar-refractivity contribution is 4.74. The summed E-state index contributed by atoms with van der Waals surface area (Å²) in [6.45, 7) is 14.0. The standard InChI is InChI=1S/C16H34O5/c1-15(2,3)13(11-17)20-9-7-19-8-10-21-14(12-18)16(4,5)6/h13-14,17-18H,7-12H2,1-6H3/t13-,14-/m0/s1. The topological polar surface area (TPSA) is 68.2 Å². The summed E-state index contributed by atoms with van der Waals surface area (Å²) in [6.07, 6.45) is -0.367. The van der Waals surface area contributed by atoms with Gasteiger partial charge in [-0.3, -0.25) is 0 Å². The van der Waals surface area contributed by atoms with Crippen LogP contribution in [0.2, 0.25) is 0 Å². The molecule has 0 aromatic heterocycles. The fourth-order valence-electron chi connectivity index (χ4n) is 1.75. The van der Waals surface area contributed by atoms with Gasteiger partial charge in [0.15, 0.2) is 0 Å². The molecule has 0 aromatic rings. The molecule has 0 saturated carbocycles. The molecule has 0 radical (unpaired) electrons. The Bertz CT molecular complexity index is 228. The van der Waals surface area contributed by atoms with Crippen molar-refractivity contribution in [1.29, 1.82) is 0 Å². The van der Waals surface area contributed by atoms with Crippen molar-refractivity contribution in [3.63, 3.8) is 0 Å². The van der Waals surface area contributed by atoms with Gasteiger partial charge in [0.1, 0.15) is 0 Å². The molecule has 0 unspecified atom stereocenters. The fraction of sp³-hybridized carbons (Fsp3) is 1.00. The first-order chi connectivity index (χ1) is 9.62. The van der Waals surface area contributed by atoms with Gasteiger partial charge in [-0.2, -0.15) is 0 Å². The highest BCUT2D eigenvalue weighted by atomic mass is 16.6. The number of hydrogen-bond donors (Lipinski definition) is 2. The predicted octanol–water partition coefficient (Wildman–Crippen LogP) is 1.85. The zero-order valence-corrected chi connectivity index (χ0v) is 14.5. The minimum Gasteiger partial charge on any atom is -0.394 e. The molecule has 0 fully saturated rings. The van der Waals surface area contributed by atoms with Crippen LogP contribution in [-0.4, -0.2) is 62.1 Å². The molecule has 0 aliphatic rings. The van der Waals surface area contributed by atoms with Crippen molar-refractivity contribution >= 4 is 0 Å². The molecule has 2 atom stereocenters. The van der Waals surface area contributed by atoms with E-state index in [0.29, 0.717) is 26.4 Å². The third-order valence-electron chi connectivity index (χ3n) is 3.36. The van der Waals surface area contributed by atoms with E-state index < -0.39 is 0 Å². The van der Waals surface area contributed by atoms with E-state index in [1.54, 1.807) is 0 Å². The van der Waals surface area contributed by atoms with E-state index in [1.807, 2.05) is 41.5 Å². The van der Waals surface area contributed by atoms with Crippen molar-refractivity contribution in [3.8, 4) is 0 Å². The van der Waals surface area contributed by atoms with Crippen LogP contribution < -0.4 is 0 Å². The van der Waals surface area contributed by atoms with Crippen LogP contribution in [0.4, 0.5) is 0 Å². The van der Waals surface area contributed by atoms with Crippen LogP contribution in [0.5, 0.6) is 0 Å². The maximum Gasteiger partial charge on any atom is 0.0854 e. The molecule has 0 aliphatic heterocycles. The Balaban J connectivity index is 3.69. The van der Waals surface area contributed by atoms with E-state index in [1.165, 1.54) is 0 Å². The Hall–Kier alpha value is -0.200. The molecule has 0 saturated heterocycles. The lowest BCUT2D eigenvalue weighted by atomic mass is 9.89. The second-order valence-electron chi connectivity index (χ2n) is 7.43. The molecule has 21 heavy (non-hydrogen) atoms. The van der Waals surface area contributed by atoms with E-state index in [4.69, 9.17) is 14.2 Å². The molecule has 5 heteroatoms. The lowest BCUT2D eigenvalue weighted by molar-refractivity contribution is -0.0865. The van der Waals surface area contributed by atoms with E-state index in [2.05, 4.69) is 0 Å². The number of hydrogen-bond acceptors (Lipinski definition) is 5. The van der Waals surface area contributed by atoms with Crippen LogP contribution in [0.25, 0.3) is 0 Å². The Morgan fingerprint density at radius 3 is 1.24 bits per heavy atom. The quantitative estimate of drug-likeness (QED) is 0.603. The summed E-state index contributed by atoms with van der Waals surface area (Å²) in [5, 5.41) is 18.5. The molecule has 0 amide bonds. The maximum atomic E-state index is 9.26. The maximum absolute atomic E-state index is 9.26. The minimum absolute atomic E-state index is 0.0103. The fourth-order valence-corrected chi connectivity index (χ4v) is 1.75. The van der Waals surface area contributed by atoms with Gasteiger partial charge in [-0.05, 0) is 10.8 Å². The van der Waals surface area contributed by atoms with Gasteiger partial charge in [0.2, 0.25) is 0 Å². The normalized spacial score (nSPS) is 16.0. The summed E-state index contributed by atoms with van der Waals surface area (Å²) >= 11 is 0. The van der Waals surface area contributed by atoms with Gasteiger partial charge in [-0.15, -0.1) is 0 Å². The Morgan fingerprint density at radius 1 is 0.667 bits per heavy atom. The van der Waals surface area contributed by atoms with Gasteiger partial charge in [0, 0.05) is 0 Å². The van der Waals surface area contributed by atoms with E-state index in [9.17, 15) is 10.2 Å². The average molecular weight is 306 g/mol. The van der Waals surface area contributed by atoms with Crippen molar-refractivity contribution in [2.24, 2.45) is 10.8 Å². The van der Waals surface area contributed by atoms with Crippen molar-refractivity contribution < 1.29 is 24.4 Å². The summed E-state index contributed by atoms with van der Waals surface area (Å²) in [5.41, 5.74) is -0.169. The van der Waals surface area contributed by atoms with Gasteiger partial charge < -0.3 is 24.4 Å². The van der Waals surface area contributed by atoms with Gasteiger partial charge in [-0.1, -0.05) is 41.5 Å². The highest BCUT2D eigenvalue weighted by Gasteiger charge is 2.25. The van der Waals surface area contributed by atoms with Crippen LogP contribution in [0.3, 0.4) is 0 Å². The molecule has 5 nitrogen and oxygen atoms in total. The summed E-state index contributed by atoms with van der Waals surface area (Å²) in [5.74, 6) is 0. The first kappa shape index (κ1) is 20.8. The smallest absolute Gasteiger partial charge is 0.0854 e. The molecular weight excluding hydrogens is 272 g/mol. The number of rotatable bonds is 10. The minimum atomic E-state index is -0.183. The Kier molecular flexibility index (Phi) is 9.65. The largest absolute Gasteiger partial charge is 0.394 e. The van der Waals surface area contributed by atoms with Crippen LogP contribution in [0, 0.1) is 10.8 Å². The van der Waals surface area contributed by atoms with Gasteiger partial charge in [-0.25, -0.2) is 0 Å². The monoisotopic (exact) mass is 306 g/mol. The SMILES string of the molecule is CC(C)(C)[C@H](CO)OCCOCCO[C@@H](CO)C(C)(C)C. The molecular formula is C16H34O5. The van der Waals surface area contributed by atoms with Crippen molar-refractivity contribution in [1.82, 2.24) is 0 Å². The molecule has 0 bridgehead atoms. The second kappa shape index (κ2) is 9.74. The number of aliphatic hydroxyl groups excluding tert-OH is 2. The van der Waals surface area contributed by atoms with Crippen molar-refractivity contribution in [2.45, 2.75) is 53.8 Å². The third kappa shape index (κ3) is 9.42. The molecule has 0 aromatic carbocycles. The van der Waals surface area contributed by atoms with E-state index >= 15 is 0 Å². The first-order valence-corrected chi connectivity index (χ1v) is 7.65. The Morgan fingerprint density at radius 2 is 1.00 bits per heavy atom. The number of aliphatic hydroxyl groups is 2. The first-order valence-electron chi connectivity index (χ1n) is 7.65. The number of ether oxygens (including phenoxy) is 3. The zero-order valence-electron chi connectivity index (χ0n) is 14.5. The molecule has 0 aliphatic carbocycles. The summed E-state index contributed by atoms with van der Waals surface area (Å²) in [4.78, 5) is 0. The van der Waals surface area contributed by atoms with Gasteiger partial charge >= 0.3 is 0 Å². The Labute approximate surface area is 129 Å². The predicted molar refractivity (Wildman–Crippen MR) is 83.4 cm³/mol. The van der Waals surface area contributed by atoms with E-state index in [0.717, 1.165) is 0 Å². The zero-order chi connectivity index (χ0) is 16.5.